The number of nitrogens with zero attached hydrogens (tertiary/aromatic N) is 2. The molecule has 0 bridgehead atoms. The summed E-state index contributed by atoms with van der Waals surface area (Å²) in [5, 5.41) is 21.4. The molecule has 16 heavy (non-hydrogen) atoms. The number of hydrogen-bond acceptors (Lipinski definition) is 4. The van der Waals surface area contributed by atoms with Crippen LogP contribution < -0.4 is 5.32 Å². The lowest BCUT2D eigenvalue weighted by Gasteiger charge is -2.05. The molecule has 0 saturated carbocycles. The maximum atomic E-state index is 11.2. The molecule has 1 aromatic carbocycles. The van der Waals surface area contributed by atoms with Crippen LogP contribution in [-0.4, -0.2) is 10.8 Å². The molecule has 6 nitrogen and oxygen atoms in total. The summed E-state index contributed by atoms with van der Waals surface area (Å²) in [4.78, 5) is 21.3. The molecule has 0 aliphatic heterocycles. The van der Waals surface area contributed by atoms with Crippen LogP contribution in [0, 0.1) is 25.0 Å². The van der Waals surface area contributed by atoms with Gasteiger partial charge in [-0.25, -0.2) is 0 Å². The van der Waals surface area contributed by atoms with E-state index in [0.29, 0.717) is 3.57 Å². The average molecular weight is 331 g/mol. The summed E-state index contributed by atoms with van der Waals surface area (Å²) in [6.07, 6.45) is -0.331. The van der Waals surface area contributed by atoms with Gasteiger partial charge in [0, 0.05) is 9.64 Å². The van der Waals surface area contributed by atoms with Crippen LogP contribution in [0.25, 0.3) is 0 Å². The Labute approximate surface area is 105 Å². The molecule has 0 fully saturated rings. The van der Waals surface area contributed by atoms with Gasteiger partial charge in [-0.15, -0.1) is 0 Å². The summed E-state index contributed by atoms with van der Waals surface area (Å²) in [7, 11) is 0. The minimum Gasteiger partial charge on any atom is -0.319 e. The number of rotatable bonds is 3. The monoisotopic (exact) mass is 331 g/mol. The lowest BCUT2D eigenvalue weighted by molar-refractivity contribution is -0.384. The van der Waals surface area contributed by atoms with Gasteiger partial charge in [0.05, 0.1) is 11.0 Å². The smallest absolute Gasteiger partial charge is 0.293 e. The molecule has 0 aromatic heterocycles. The van der Waals surface area contributed by atoms with Crippen LogP contribution >= 0.6 is 22.6 Å². The lowest BCUT2D eigenvalue weighted by Crippen LogP contribution is -2.12. The lowest BCUT2D eigenvalue weighted by atomic mass is 10.2. The summed E-state index contributed by atoms with van der Waals surface area (Å²) in [6, 6.07) is 6.13. The molecule has 0 unspecified atom stereocenters. The van der Waals surface area contributed by atoms with E-state index in [-0.39, 0.29) is 17.8 Å². The van der Waals surface area contributed by atoms with Crippen LogP contribution in [0.5, 0.6) is 0 Å². The van der Waals surface area contributed by atoms with E-state index in [1.54, 1.807) is 12.1 Å². The predicted octanol–water partition coefficient (Wildman–Crippen LogP) is 2.05. The average Bonchev–Trinajstić information content (AvgIpc) is 2.21. The Morgan fingerprint density at radius 1 is 1.62 bits per heavy atom. The van der Waals surface area contributed by atoms with E-state index in [2.05, 4.69) is 5.32 Å². The van der Waals surface area contributed by atoms with Gasteiger partial charge in [-0.05, 0) is 28.7 Å². The normalized spacial score (nSPS) is 9.25. The number of halogens is 1. The van der Waals surface area contributed by atoms with Gasteiger partial charge in [0.1, 0.15) is 12.1 Å². The van der Waals surface area contributed by atoms with Crippen LogP contribution in [0.4, 0.5) is 11.4 Å². The zero-order valence-corrected chi connectivity index (χ0v) is 10.1. The highest BCUT2D eigenvalue weighted by atomic mass is 127. The van der Waals surface area contributed by atoms with E-state index in [0.717, 1.165) is 0 Å². The van der Waals surface area contributed by atoms with Crippen molar-refractivity contribution in [3.63, 3.8) is 0 Å². The summed E-state index contributed by atoms with van der Waals surface area (Å²) >= 11 is 1.88. The van der Waals surface area contributed by atoms with E-state index in [1.807, 2.05) is 22.6 Å². The van der Waals surface area contributed by atoms with Crippen molar-refractivity contribution in [2.24, 2.45) is 0 Å². The highest BCUT2D eigenvalue weighted by molar-refractivity contribution is 14.1. The van der Waals surface area contributed by atoms with Crippen LogP contribution in [0.2, 0.25) is 0 Å². The Morgan fingerprint density at radius 3 is 2.88 bits per heavy atom. The molecule has 0 atom stereocenters. The van der Waals surface area contributed by atoms with Gasteiger partial charge < -0.3 is 5.32 Å². The quantitative estimate of drug-likeness (QED) is 0.521. The molecule has 82 valence electrons. The minimum atomic E-state index is -0.579. The van der Waals surface area contributed by atoms with Crippen LogP contribution in [-0.2, 0) is 4.79 Å². The van der Waals surface area contributed by atoms with Gasteiger partial charge in [0.25, 0.3) is 5.69 Å². The minimum absolute atomic E-state index is 0.133. The second-order valence-electron chi connectivity index (χ2n) is 2.77. The van der Waals surface area contributed by atoms with Crippen LogP contribution in [0.3, 0.4) is 0 Å². The van der Waals surface area contributed by atoms with Gasteiger partial charge in [-0.3, -0.25) is 14.9 Å². The summed E-state index contributed by atoms with van der Waals surface area (Å²) in [5.41, 5.74) is -0.0495. The number of carbonyl (C=O) groups is 1. The van der Waals surface area contributed by atoms with Crippen molar-refractivity contribution >= 4 is 39.9 Å². The van der Waals surface area contributed by atoms with Gasteiger partial charge in [-0.2, -0.15) is 5.26 Å². The van der Waals surface area contributed by atoms with Crippen molar-refractivity contribution in [3.05, 3.63) is 31.9 Å². The molecule has 0 aliphatic rings. The Kier molecular flexibility index (Phi) is 4.19. The molecule has 0 saturated heterocycles. The second-order valence-corrected chi connectivity index (χ2v) is 3.94. The SMILES string of the molecule is N#CCC(=O)Nc1c(I)cccc1[N+](=O)[O-]. The molecule has 0 radical (unpaired) electrons. The first kappa shape index (κ1) is 12.4. The number of hydrogen-bond donors (Lipinski definition) is 1. The van der Waals surface area contributed by atoms with Crippen molar-refractivity contribution < 1.29 is 9.72 Å². The molecule has 1 aromatic rings. The first-order chi connectivity index (χ1) is 7.56. The van der Waals surface area contributed by atoms with Crippen molar-refractivity contribution in [1.82, 2.24) is 0 Å². The summed E-state index contributed by atoms with van der Waals surface area (Å²) in [5.74, 6) is -0.560. The summed E-state index contributed by atoms with van der Waals surface area (Å²) in [6.45, 7) is 0. The molecule has 1 amide bonds. The zero-order chi connectivity index (χ0) is 12.1. The fourth-order valence-electron chi connectivity index (χ4n) is 1.04. The van der Waals surface area contributed by atoms with Gasteiger partial charge in [-0.1, -0.05) is 6.07 Å². The van der Waals surface area contributed by atoms with Crippen molar-refractivity contribution in [1.29, 1.82) is 5.26 Å². The predicted molar refractivity (Wildman–Crippen MR) is 64.7 cm³/mol. The van der Waals surface area contributed by atoms with E-state index >= 15 is 0 Å². The topological polar surface area (TPSA) is 96.0 Å². The number of para-hydroxylation sites is 1. The largest absolute Gasteiger partial charge is 0.319 e. The Balaban J connectivity index is 3.07. The summed E-state index contributed by atoms with van der Waals surface area (Å²) < 4.78 is 0.554. The fraction of sp³-hybridized carbons (Fsp3) is 0.111. The standard InChI is InChI=1S/C9H6IN3O3/c10-6-2-1-3-7(13(15)16)9(6)12-8(14)4-5-11/h1-3H,4H2,(H,12,14). The Bertz CT molecular complexity index is 481. The zero-order valence-electron chi connectivity index (χ0n) is 7.94. The molecular weight excluding hydrogens is 325 g/mol. The fourth-order valence-corrected chi connectivity index (χ4v) is 1.66. The van der Waals surface area contributed by atoms with E-state index in [4.69, 9.17) is 5.26 Å². The Morgan fingerprint density at radius 2 is 2.31 bits per heavy atom. The molecular formula is C9H6IN3O3. The number of nitro benzene ring substituents is 1. The van der Waals surface area contributed by atoms with Crippen molar-refractivity contribution in [2.45, 2.75) is 6.42 Å². The molecule has 0 spiro atoms. The Hall–Kier alpha value is -1.69. The van der Waals surface area contributed by atoms with Gasteiger partial charge >= 0.3 is 0 Å². The number of nitro groups is 1. The van der Waals surface area contributed by atoms with Gasteiger partial charge in [0.2, 0.25) is 5.91 Å². The number of nitrogens with one attached hydrogen (secondary N) is 1. The maximum Gasteiger partial charge on any atom is 0.293 e. The van der Waals surface area contributed by atoms with E-state index < -0.39 is 10.8 Å². The molecule has 1 rings (SSSR count). The van der Waals surface area contributed by atoms with E-state index in [1.165, 1.54) is 12.1 Å². The maximum absolute atomic E-state index is 11.2. The molecule has 0 aliphatic carbocycles. The first-order valence-electron chi connectivity index (χ1n) is 4.16. The first-order valence-corrected chi connectivity index (χ1v) is 5.24. The van der Waals surface area contributed by atoms with Crippen molar-refractivity contribution in [3.8, 4) is 6.07 Å². The van der Waals surface area contributed by atoms with Crippen molar-refractivity contribution in [2.75, 3.05) is 5.32 Å². The number of nitriles is 1. The molecule has 1 N–H and O–H groups in total. The number of amides is 1. The highest BCUT2D eigenvalue weighted by Gasteiger charge is 2.17. The van der Waals surface area contributed by atoms with Crippen LogP contribution in [0.15, 0.2) is 18.2 Å². The molecule has 7 heteroatoms. The number of benzene rings is 1. The second kappa shape index (κ2) is 5.41. The third kappa shape index (κ3) is 2.90. The third-order valence-corrected chi connectivity index (χ3v) is 2.59. The molecule has 0 heterocycles. The number of anilines is 1. The van der Waals surface area contributed by atoms with E-state index in [9.17, 15) is 14.9 Å². The highest BCUT2D eigenvalue weighted by Crippen LogP contribution is 2.29. The van der Waals surface area contributed by atoms with Crippen LogP contribution in [0.1, 0.15) is 6.42 Å². The number of carbonyl (C=O) groups excluding carboxylic acids is 1. The van der Waals surface area contributed by atoms with Gasteiger partial charge in [0.15, 0.2) is 0 Å². The third-order valence-electron chi connectivity index (χ3n) is 1.69.